The summed E-state index contributed by atoms with van der Waals surface area (Å²) >= 11 is 0. The van der Waals surface area contributed by atoms with Gasteiger partial charge in [-0.05, 0) is 73.3 Å². The van der Waals surface area contributed by atoms with Crippen LogP contribution in [0.1, 0.15) is 97.7 Å². The van der Waals surface area contributed by atoms with Crippen molar-refractivity contribution in [3.05, 3.63) is 46.6 Å². The van der Waals surface area contributed by atoms with Crippen molar-refractivity contribution in [1.29, 1.82) is 0 Å². The Morgan fingerprint density at radius 2 is 1.62 bits per heavy atom. The fourth-order valence-electron chi connectivity index (χ4n) is 5.88. The summed E-state index contributed by atoms with van der Waals surface area (Å²) in [5.74, 6) is -0.342. The second kappa shape index (κ2) is 12.4. The maximum Gasteiger partial charge on any atom is 0.405 e. The number of alkyl halides is 3. The van der Waals surface area contributed by atoms with Gasteiger partial charge in [0.1, 0.15) is 6.54 Å². The molecule has 1 aromatic heterocycles. The number of benzene rings is 1. The molecule has 2 amide bonds. The van der Waals surface area contributed by atoms with Gasteiger partial charge >= 0.3 is 6.18 Å². The van der Waals surface area contributed by atoms with Gasteiger partial charge in [0, 0.05) is 42.8 Å². The third-order valence-electron chi connectivity index (χ3n) is 8.15. The highest BCUT2D eigenvalue weighted by atomic mass is 19.4. The molecule has 0 spiro atoms. The van der Waals surface area contributed by atoms with Crippen LogP contribution in [0.15, 0.2) is 24.3 Å². The van der Waals surface area contributed by atoms with Crippen LogP contribution in [0, 0.1) is 12.8 Å². The minimum Gasteiger partial charge on any atom is -0.381 e. The van der Waals surface area contributed by atoms with Gasteiger partial charge in [-0.1, -0.05) is 46.1 Å². The molecule has 0 atom stereocenters. The van der Waals surface area contributed by atoms with E-state index in [0.29, 0.717) is 30.3 Å². The van der Waals surface area contributed by atoms with Crippen LogP contribution in [0.3, 0.4) is 0 Å². The van der Waals surface area contributed by atoms with Crippen molar-refractivity contribution in [2.45, 2.75) is 96.8 Å². The summed E-state index contributed by atoms with van der Waals surface area (Å²) in [6.07, 6.45) is 3.02. The van der Waals surface area contributed by atoms with Crippen LogP contribution in [0.5, 0.6) is 0 Å². The van der Waals surface area contributed by atoms with Gasteiger partial charge in [-0.15, -0.1) is 0 Å². The van der Waals surface area contributed by atoms with Gasteiger partial charge in [-0.3, -0.25) is 9.59 Å². The molecule has 1 aliphatic heterocycles. The first-order valence-corrected chi connectivity index (χ1v) is 14.4. The van der Waals surface area contributed by atoms with Crippen molar-refractivity contribution < 1.29 is 27.5 Å². The number of halogens is 3. The lowest BCUT2D eigenvalue weighted by molar-refractivity contribution is -0.123. The Morgan fingerprint density at radius 3 is 2.25 bits per heavy atom. The minimum atomic E-state index is -4.49. The average molecular weight is 562 g/mol. The van der Waals surface area contributed by atoms with Gasteiger partial charge in [-0.2, -0.15) is 13.2 Å². The second-order valence-electron chi connectivity index (χ2n) is 12.3. The molecule has 1 saturated carbocycles. The normalized spacial score (nSPS) is 17.6. The lowest BCUT2D eigenvalue weighted by Gasteiger charge is -2.26. The summed E-state index contributed by atoms with van der Waals surface area (Å²) < 4.78 is 46.0. The number of rotatable bonds is 7. The van der Waals surface area contributed by atoms with E-state index in [2.05, 4.69) is 9.88 Å². The molecule has 0 bridgehead atoms. The van der Waals surface area contributed by atoms with Crippen molar-refractivity contribution in [3.63, 3.8) is 0 Å². The summed E-state index contributed by atoms with van der Waals surface area (Å²) in [5, 5.41) is 5.19. The number of nitrogens with zero attached hydrogens (tertiary/aromatic N) is 1. The smallest absolute Gasteiger partial charge is 0.381 e. The zero-order valence-electron chi connectivity index (χ0n) is 24.0. The molecule has 1 saturated heterocycles. The summed E-state index contributed by atoms with van der Waals surface area (Å²) in [6.45, 7) is 8.47. The number of carbonyl (C=O) groups is 2. The Morgan fingerprint density at radius 1 is 0.950 bits per heavy atom. The van der Waals surface area contributed by atoms with E-state index in [1.807, 2.05) is 45.1 Å². The molecule has 2 aliphatic rings. The highest BCUT2D eigenvalue weighted by Crippen LogP contribution is 2.35. The van der Waals surface area contributed by atoms with Crippen LogP contribution in [0.2, 0.25) is 0 Å². The molecule has 0 unspecified atom stereocenters. The van der Waals surface area contributed by atoms with Gasteiger partial charge in [0.05, 0.1) is 5.56 Å². The Hall–Kier alpha value is -2.81. The fraction of sp³-hybridized carbons (Fsp3) is 0.613. The lowest BCUT2D eigenvalue weighted by atomic mass is 9.82. The van der Waals surface area contributed by atoms with Crippen molar-refractivity contribution in [2.75, 3.05) is 19.8 Å². The van der Waals surface area contributed by atoms with Crippen molar-refractivity contribution in [1.82, 2.24) is 15.2 Å². The van der Waals surface area contributed by atoms with E-state index in [1.54, 1.807) is 12.1 Å². The van der Waals surface area contributed by atoms with Crippen molar-refractivity contribution >= 4 is 11.8 Å². The first kappa shape index (κ1) is 30.2. The number of hydrogen-bond acceptors (Lipinski definition) is 3. The fourth-order valence-corrected chi connectivity index (χ4v) is 5.88. The van der Waals surface area contributed by atoms with Gasteiger partial charge in [-0.25, -0.2) is 0 Å². The number of ether oxygens (including phenoxy) is 1. The number of amides is 2. The zero-order valence-corrected chi connectivity index (χ0v) is 24.0. The number of hydrogen-bond donors (Lipinski definition) is 2. The van der Waals surface area contributed by atoms with E-state index in [-0.39, 0.29) is 17.5 Å². The summed E-state index contributed by atoms with van der Waals surface area (Å²) in [7, 11) is 0. The maximum atomic E-state index is 13.4. The van der Waals surface area contributed by atoms with E-state index >= 15 is 0 Å². The summed E-state index contributed by atoms with van der Waals surface area (Å²) in [6, 6.07) is 7.29. The Labute approximate surface area is 235 Å². The monoisotopic (exact) mass is 561 g/mol. The molecular formula is C31H42F3N3O3. The predicted octanol–water partition coefficient (Wildman–Crippen LogP) is 6.54. The highest BCUT2D eigenvalue weighted by molar-refractivity contribution is 5.98. The topological polar surface area (TPSA) is 72.4 Å². The molecule has 4 rings (SSSR count). The van der Waals surface area contributed by atoms with Gasteiger partial charge in [0.25, 0.3) is 11.8 Å². The van der Waals surface area contributed by atoms with Crippen LogP contribution < -0.4 is 10.6 Å². The molecule has 6 nitrogen and oxygen atoms in total. The number of aromatic nitrogens is 1. The van der Waals surface area contributed by atoms with E-state index in [0.717, 1.165) is 49.2 Å². The van der Waals surface area contributed by atoms with E-state index < -0.39 is 24.0 Å². The maximum absolute atomic E-state index is 13.4. The SMILES string of the molecule is Cc1c(C(=O)NC2CCOCC2)cc(-c2ccc(C(=O)NCC(F)(F)F)c(C(C)(C)C)c2)n1CC1CCCCC1. The molecular weight excluding hydrogens is 519 g/mol. The first-order valence-electron chi connectivity index (χ1n) is 14.4. The number of nitrogens with one attached hydrogen (secondary N) is 2. The molecule has 1 aromatic carbocycles. The van der Waals surface area contributed by atoms with Crippen LogP contribution >= 0.6 is 0 Å². The van der Waals surface area contributed by atoms with E-state index in [1.165, 1.54) is 19.3 Å². The third-order valence-corrected chi connectivity index (χ3v) is 8.15. The van der Waals surface area contributed by atoms with Gasteiger partial charge in [0.2, 0.25) is 0 Å². The molecule has 1 aliphatic carbocycles. The van der Waals surface area contributed by atoms with E-state index in [9.17, 15) is 22.8 Å². The molecule has 2 fully saturated rings. The predicted molar refractivity (Wildman–Crippen MR) is 150 cm³/mol. The number of carbonyl (C=O) groups excluding carboxylic acids is 2. The second-order valence-corrected chi connectivity index (χ2v) is 12.3. The largest absolute Gasteiger partial charge is 0.405 e. The molecule has 0 radical (unpaired) electrons. The van der Waals surface area contributed by atoms with Crippen molar-refractivity contribution in [3.8, 4) is 11.3 Å². The molecule has 2 aromatic rings. The van der Waals surface area contributed by atoms with Crippen LogP contribution in [-0.4, -0.2) is 48.4 Å². The van der Waals surface area contributed by atoms with E-state index in [4.69, 9.17) is 4.74 Å². The quantitative estimate of drug-likeness (QED) is 0.403. The summed E-state index contributed by atoms with van der Waals surface area (Å²) in [5.41, 5.74) is 3.62. The first-order chi connectivity index (χ1) is 18.8. The summed E-state index contributed by atoms with van der Waals surface area (Å²) in [4.78, 5) is 26.2. The van der Waals surface area contributed by atoms with Gasteiger partial charge in [0.15, 0.2) is 0 Å². The van der Waals surface area contributed by atoms with Crippen LogP contribution in [-0.2, 0) is 16.7 Å². The van der Waals surface area contributed by atoms with Crippen LogP contribution in [0.25, 0.3) is 11.3 Å². The molecule has 2 N–H and O–H groups in total. The zero-order chi connectivity index (χ0) is 29.1. The highest BCUT2D eigenvalue weighted by Gasteiger charge is 2.30. The third kappa shape index (κ3) is 7.47. The Balaban J connectivity index is 1.72. The molecule has 2 heterocycles. The standard InChI is InChI=1S/C31H42F3N3O3/c1-20-25(29(39)36-23-12-14-40-15-13-23)17-27(37(20)18-21-8-6-5-7-9-21)22-10-11-24(26(16-22)30(2,3)4)28(38)35-19-31(32,33)34/h10-11,16-17,21,23H,5-9,12-15,18-19H2,1-4H3,(H,35,38)(H,36,39). The molecule has 40 heavy (non-hydrogen) atoms. The molecule has 220 valence electrons. The Bertz CT molecular complexity index is 1200. The van der Waals surface area contributed by atoms with Gasteiger partial charge < -0.3 is 19.9 Å². The molecule has 9 heteroatoms. The average Bonchev–Trinajstić information content (AvgIpc) is 3.23. The van der Waals surface area contributed by atoms with Crippen molar-refractivity contribution in [2.24, 2.45) is 5.92 Å². The van der Waals surface area contributed by atoms with Crippen LogP contribution in [0.4, 0.5) is 13.2 Å². The minimum absolute atomic E-state index is 0.0766. The Kier molecular flexibility index (Phi) is 9.33. The lowest BCUT2D eigenvalue weighted by Crippen LogP contribution is -2.39.